The van der Waals surface area contributed by atoms with E-state index in [1.54, 1.807) is 7.11 Å². The van der Waals surface area contributed by atoms with Crippen molar-refractivity contribution in [2.45, 2.75) is 44.4 Å². The maximum Gasteiger partial charge on any atom is 0.0465 e. The first-order valence-corrected chi connectivity index (χ1v) is 6.69. The molecule has 0 bridgehead atoms. The fraction of sp³-hybridized carbons (Fsp3) is 1.00. The molecule has 14 heavy (non-hydrogen) atoms. The van der Waals surface area contributed by atoms with Gasteiger partial charge < -0.3 is 4.74 Å². The summed E-state index contributed by atoms with van der Waals surface area (Å²) in [6, 6.07) is 0. The van der Waals surface area contributed by atoms with Crippen molar-refractivity contribution in [1.29, 1.82) is 0 Å². The minimum atomic E-state index is 0.729. The van der Waals surface area contributed by atoms with Crippen molar-refractivity contribution in [2.24, 2.45) is 17.8 Å². The Hall–Kier alpha value is 0.440. The molecular formula is C12H23BrO. The summed E-state index contributed by atoms with van der Waals surface area (Å²) in [7, 11) is 1.80. The zero-order valence-corrected chi connectivity index (χ0v) is 11.2. The van der Waals surface area contributed by atoms with Crippen LogP contribution in [-0.2, 0) is 4.74 Å². The van der Waals surface area contributed by atoms with Crippen molar-refractivity contribution in [3.63, 3.8) is 0 Å². The maximum atomic E-state index is 5.17. The standard InChI is InChI=1S/C12H23BrO/c1-9(2)10-4-5-12(13)11(8-10)6-7-14-3/h9-12H,4-8H2,1-3H3. The number of halogens is 1. The van der Waals surface area contributed by atoms with Crippen LogP contribution in [0.5, 0.6) is 0 Å². The van der Waals surface area contributed by atoms with E-state index in [2.05, 4.69) is 29.8 Å². The number of hydrogen-bond donors (Lipinski definition) is 0. The highest BCUT2D eigenvalue weighted by Crippen LogP contribution is 2.38. The minimum absolute atomic E-state index is 0.729. The molecule has 0 spiro atoms. The molecule has 1 fully saturated rings. The highest BCUT2D eigenvalue weighted by atomic mass is 79.9. The maximum absolute atomic E-state index is 5.17. The van der Waals surface area contributed by atoms with Crippen molar-refractivity contribution in [1.82, 2.24) is 0 Å². The molecule has 0 N–H and O–H groups in total. The molecule has 0 radical (unpaired) electrons. The van der Waals surface area contributed by atoms with Gasteiger partial charge >= 0.3 is 0 Å². The Morgan fingerprint density at radius 3 is 2.64 bits per heavy atom. The fourth-order valence-corrected chi connectivity index (χ4v) is 3.18. The third-order valence-corrected chi connectivity index (χ3v) is 4.77. The van der Waals surface area contributed by atoms with E-state index in [1.165, 1.54) is 25.7 Å². The van der Waals surface area contributed by atoms with Gasteiger partial charge in [-0.15, -0.1) is 0 Å². The highest BCUT2D eigenvalue weighted by molar-refractivity contribution is 9.09. The average Bonchev–Trinajstić information content (AvgIpc) is 2.16. The summed E-state index contributed by atoms with van der Waals surface area (Å²) in [6.07, 6.45) is 5.35. The van der Waals surface area contributed by atoms with Crippen molar-refractivity contribution in [3.05, 3.63) is 0 Å². The van der Waals surface area contributed by atoms with Gasteiger partial charge in [-0.2, -0.15) is 0 Å². The number of methoxy groups -OCH3 is 1. The molecule has 0 aromatic heterocycles. The van der Waals surface area contributed by atoms with E-state index in [-0.39, 0.29) is 0 Å². The molecule has 3 unspecified atom stereocenters. The first-order valence-electron chi connectivity index (χ1n) is 5.78. The Morgan fingerprint density at radius 1 is 1.36 bits per heavy atom. The Balaban J connectivity index is 2.38. The molecule has 1 aliphatic rings. The lowest BCUT2D eigenvalue weighted by Crippen LogP contribution is -2.28. The molecule has 0 aromatic carbocycles. The van der Waals surface area contributed by atoms with Gasteiger partial charge in [0.05, 0.1) is 0 Å². The molecule has 0 aliphatic heterocycles. The summed E-state index contributed by atoms with van der Waals surface area (Å²) in [5.74, 6) is 2.61. The second-order valence-electron chi connectivity index (χ2n) is 4.87. The molecule has 84 valence electrons. The van der Waals surface area contributed by atoms with Crippen molar-refractivity contribution >= 4 is 15.9 Å². The Morgan fingerprint density at radius 2 is 2.07 bits per heavy atom. The van der Waals surface area contributed by atoms with Crippen LogP contribution in [0.3, 0.4) is 0 Å². The lowest BCUT2D eigenvalue weighted by Gasteiger charge is -2.35. The molecule has 1 saturated carbocycles. The van der Waals surface area contributed by atoms with Crippen molar-refractivity contribution in [3.8, 4) is 0 Å². The van der Waals surface area contributed by atoms with Crippen LogP contribution in [0.4, 0.5) is 0 Å². The summed E-state index contributed by atoms with van der Waals surface area (Å²) < 4.78 is 5.17. The number of alkyl halides is 1. The third kappa shape index (κ3) is 3.54. The van der Waals surface area contributed by atoms with E-state index >= 15 is 0 Å². The van der Waals surface area contributed by atoms with E-state index < -0.39 is 0 Å². The minimum Gasteiger partial charge on any atom is -0.385 e. The summed E-state index contributed by atoms with van der Waals surface area (Å²) in [5.41, 5.74) is 0. The second kappa shape index (κ2) is 6.12. The van der Waals surface area contributed by atoms with Crippen LogP contribution in [0.2, 0.25) is 0 Å². The van der Waals surface area contributed by atoms with Crippen LogP contribution in [0, 0.1) is 17.8 Å². The van der Waals surface area contributed by atoms with Gasteiger partial charge in [0.1, 0.15) is 0 Å². The molecule has 0 amide bonds. The molecular weight excluding hydrogens is 240 g/mol. The summed E-state index contributed by atoms with van der Waals surface area (Å²) >= 11 is 3.81. The predicted molar refractivity (Wildman–Crippen MR) is 64.9 cm³/mol. The van der Waals surface area contributed by atoms with E-state index in [1.807, 2.05) is 0 Å². The zero-order valence-electron chi connectivity index (χ0n) is 9.63. The largest absolute Gasteiger partial charge is 0.385 e. The SMILES string of the molecule is COCCC1CC(C(C)C)CCC1Br. The third-order valence-electron chi connectivity index (χ3n) is 3.57. The summed E-state index contributed by atoms with van der Waals surface area (Å²) in [5, 5.41) is 0. The normalized spacial score (nSPS) is 33.6. The van der Waals surface area contributed by atoms with Gasteiger partial charge in [0, 0.05) is 18.5 Å². The molecule has 1 aliphatic carbocycles. The smallest absolute Gasteiger partial charge is 0.0465 e. The van der Waals surface area contributed by atoms with Gasteiger partial charge in [-0.25, -0.2) is 0 Å². The van der Waals surface area contributed by atoms with Gasteiger partial charge in [-0.1, -0.05) is 29.8 Å². The summed E-state index contributed by atoms with van der Waals surface area (Å²) in [4.78, 5) is 0.729. The second-order valence-corrected chi connectivity index (χ2v) is 6.05. The predicted octanol–water partition coefficient (Wildman–Crippen LogP) is 3.86. The van der Waals surface area contributed by atoms with Crippen LogP contribution in [-0.4, -0.2) is 18.5 Å². The van der Waals surface area contributed by atoms with Gasteiger partial charge in [0.15, 0.2) is 0 Å². The Labute approximate surface area is 96.7 Å². The fourth-order valence-electron chi connectivity index (χ4n) is 2.44. The monoisotopic (exact) mass is 262 g/mol. The molecule has 0 aromatic rings. The van der Waals surface area contributed by atoms with E-state index in [4.69, 9.17) is 4.74 Å². The quantitative estimate of drug-likeness (QED) is 0.700. The highest BCUT2D eigenvalue weighted by Gasteiger charge is 2.29. The van der Waals surface area contributed by atoms with Gasteiger partial charge in [-0.3, -0.25) is 0 Å². The Kier molecular flexibility index (Phi) is 5.47. The summed E-state index contributed by atoms with van der Waals surface area (Å²) in [6.45, 7) is 5.62. The van der Waals surface area contributed by atoms with Crippen molar-refractivity contribution in [2.75, 3.05) is 13.7 Å². The molecule has 2 heteroatoms. The van der Waals surface area contributed by atoms with Crippen LogP contribution in [0.15, 0.2) is 0 Å². The number of hydrogen-bond acceptors (Lipinski definition) is 1. The molecule has 3 atom stereocenters. The Bertz CT molecular complexity index is 158. The lowest BCUT2D eigenvalue weighted by atomic mass is 9.75. The van der Waals surface area contributed by atoms with E-state index in [9.17, 15) is 0 Å². The van der Waals surface area contributed by atoms with Crippen LogP contribution >= 0.6 is 15.9 Å². The van der Waals surface area contributed by atoms with Gasteiger partial charge in [-0.05, 0) is 43.4 Å². The molecule has 1 rings (SSSR count). The van der Waals surface area contributed by atoms with Crippen LogP contribution in [0.1, 0.15) is 39.5 Å². The van der Waals surface area contributed by atoms with Crippen LogP contribution in [0.25, 0.3) is 0 Å². The molecule has 0 saturated heterocycles. The van der Waals surface area contributed by atoms with Crippen molar-refractivity contribution < 1.29 is 4.74 Å². The van der Waals surface area contributed by atoms with E-state index in [0.717, 1.165) is 29.2 Å². The first kappa shape index (κ1) is 12.5. The number of ether oxygens (including phenoxy) is 1. The zero-order chi connectivity index (χ0) is 10.6. The molecule has 1 nitrogen and oxygen atoms in total. The van der Waals surface area contributed by atoms with Gasteiger partial charge in [0.2, 0.25) is 0 Å². The molecule has 0 heterocycles. The first-order chi connectivity index (χ1) is 6.65. The number of rotatable bonds is 4. The van der Waals surface area contributed by atoms with E-state index in [0.29, 0.717) is 0 Å². The average molecular weight is 263 g/mol. The van der Waals surface area contributed by atoms with Crippen LogP contribution < -0.4 is 0 Å². The topological polar surface area (TPSA) is 9.23 Å². The van der Waals surface area contributed by atoms with Gasteiger partial charge in [0.25, 0.3) is 0 Å². The lowest BCUT2D eigenvalue weighted by molar-refractivity contribution is 0.146.